The topological polar surface area (TPSA) is 41.5 Å². The first kappa shape index (κ1) is 14.2. The molecular formula is C16H25NO2. The Morgan fingerprint density at radius 1 is 1.21 bits per heavy atom. The predicted octanol–water partition coefficient (Wildman–Crippen LogP) is 3.32. The molecule has 1 aliphatic carbocycles. The number of ether oxygens (including phenoxy) is 1. The quantitative estimate of drug-likeness (QED) is 0.875. The first-order valence-electron chi connectivity index (χ1n) is 7.18. The fourth-order valence-electron chi connectivity index (χ4n) is 3.24. The summed E-state index contributed by atoms with van der Waals surface area (Å²) >= 11 is 0. The van der Waals surface area contributed by atoms with Crippen molar-refractivity contribution in [2.45, 2.75) is 45.7 Å². The van der Waals surface area contributed by atoms with E-state index in [1.54, 1.807) is 13.2 Å². The van der Waals surface area contributed by atoms with Crippen LogP contribution < -0.4 is 10.1 Å². The van der Waals surface area contributed by atoms with Crippen LogP contribution >= 0.6 is 0 Å². The van der Waals surface area contributed by atoms with Gasteiger partial charge in [-0.1, -0.05) is 26.0 Å². The van der Waals surface area contributed by atoms with Crippen molar-refractivity contribution in [2.75, 3.05) is 7.11 Å². The van der Waals surface area contributed by atoms with E-state index in [-0.39, 0.29) is 5.75 Å². The van der Waals surface area contributed by atoms with Gasteiger partial charge in [-0.15, -0.1) is 0 Å². The van der Waals surface area contributed by atoms with Gasteiger partial charge in [0, 0.05) is 18.2 Å². The summed E-state index contributed by atoms with van der Waals surface area (Å²) in [6, 6.07) is 6.20. The summed E-state index contributed by atoms with van der Waals surface area (Å²) < 4.78 is 5.13. The number of para-hydroxylation sites is 1. The summed E-state index contributed by atoms with van der Waals surface area (Å²) in [5.74, 6) is 2.39. The van der Waals surface area contributed by atoms with Gasteiger partial charge in [0.15, 0.2) is 11.5 Å². The van der Waals surface area contributed by atoms with E-state index < -0.39 is 0 Å². The van der Waals surface area contributed by atoms with Crippen LogP contribution in [0.1, 0.15) is 38.7 Å². The summed E-state index contributed by atoms with van der Waals surface area (Å²) in [7, 11) is 1.58. The van der Waals surface area contributed by atoms with Crippen LogP contribution in [0.15, 0.2) is 18.2 Å². The van der Waals surface area contributed by atoms with Gasteiger partial charge in [-0.2, -0.15) is 0 Å². The Balaban J connectivity index is 1.95. The molecule has 2 rings (SSSR count). The molecule has 3 heteroatoms. The molecular weight excluding hydrogens is 238 g/mol. The maximum Gasteiger partial charge on any atom is 0.162 e. The number of aromatic hydroxyl groups is 1. The van der Waals surface area contributed by atoms with Crippen molar-refractivity contribution in [3.05, 3.63) is 23.8 Å². The molecule has 0 aliphatic heterocycles. The summed E-state index contributed by atoms with van der Waals surface area (Å²) in [5.41, 5.74) is 0.908. The van der Waals surface area contributed by atoms with E-state index in [4.69, 9.17) is 4.74 Å². The van der Waals surface area contributed by atoms with Crippen molar-refractivity contribution in [3.63, 3.8) is 0 Å². The minimum atomic E-state index is 0.259. The molecule has 1 aromatic carbocycles. The highest BCUT2D eigenvalue weighted by molar-refractivity contribution is 5.45. The Labute approximate surface area is 116 Å². The maximum atomic E-state index is 10.1. The summed E-state index contributed by atoms with van der Waals surface area (Å²) in [5, 5.41) is 13.6. The highest BCUT2D eigenvalue weighted by atomic mass is 16.5. The maximum absolute atomic E-state index is 10.1. The third-order valence-electron chi connectivity index (χ3n) is 4.06. The zero-order valence-corrected chi connectivity index (χ0v) is 12.1. The van der Waals surface area contributed by atoms with Crippen LogP contribution in [0.4, 0.5) is 0 Å². The molecule has 2 unspecified atom stereocenters. The molecule has 0 radical (unpaired) electrons. The second-order valence-corrected chi connectivity index (χ2v) is 5.96. The number of nitrogens with one attached hydrogen (secondary N) is 1. The van der Waals surface area contributed by atoms with Gasteiger partial charge in [0.2, 0.25) is 0 Å². The number of methoxy groups -OCH3 is 1. The van der Waals surface area contributed by atoms with Gasteiger partial charge in [-0.25, -0.2) is 0 Å². The van der Waals surface area contributed by atoms with Crippen molar-refractivity contribution in [1.82, 2.24) is 5.32 Å². The van der Waals surface area contributed by atoms with Crippen LogP contribution in [0.2, 0.25) is 0 Å². The molecule has 2 N–H and O–H groups in total. The van der Waals surface area contributed by atoms with Crippen molar-refractivity contribution in [1.29, 1.82) is 0 Å². The summed E-state index contributed by atoms with van der Waals surface area (Å²) in [4.78, 5) is 0. The van der Waals surface area contributed by atoms with Gasteiger partial charge >= 0.3 is 0 Å². The van der Waals surface area contributed by atoms with Crippen molar-refractivity contribution < 1.29 is 9.84 Å². The lowest BCUT2D eigenvalue weighted by Crippen LogP contribution is -2.35. The lowest BCUT2D eigenvalue weighted by molar-refractivity contribution is 0.237. The van der Waals surface area contributed by atoms with Crippen LogP contribution in [0.5, 0.6) is 11.5 Å². The number of rotatable bonds is 4. The molecule has 2 atom stereocenters. The van der Waals surface area contributed by atoms with Crippen LogP contribution in [0.25, 0.3) is 0 Å². The first-order valence-corrected chi connectivity index (χ1v) is 7.18. The number of phenolic OH excluding ortho intramolecular Hbond substituents is 1. The summed E-state index contributed by atoms with van der Waals surface area (Å²) in [6.45, 7) is 5.36. The Hall–Kier alpha value is -1.22. The van der Waals surface area contributed by atoms with Crippen molar-refractivity contribution in [3.8, 4) is 11.5 Å². The number of phenols is 1. The predicted molar refractivity (Wildman–Crippen MR) is 77.5 cm³/mol. The van der Waals surface area contributed by atoms with E-state index >= 15 is 0 Å². The van der Waals surface area contributed by atoms with E-state index in [2.05, 4.69) is 19.2 Å². The fourth-order valence-corrected chi connectivity index (χ4v) is 3.24. The molecule has 3 nitrogen and oxygen atoms in total. The lowest BCUT2D eigenvalue weighted by atomic mass is 9.80. The largest absolute Gasteiger partial charge is 0.504 e. The van der Waals surface area contributed by atoms with E-state index in [0.29, 0.717) is 18.3 Å². The summed E-state index contributed by atoms with van der Waals surface area (Å²) in [6.07, 6.45) is 3.80. The third-order valence-corrected chi connectivity index (χ3v) is 4.06. The zero-order valence-electron chi connectivity index (χ0n) is 12.1. The lowest BCUT2D eigenvalue weighted by Gasteiger charge is -2.32. The Bertz CT molecular complexity index is 409. The molecule has 0 spiro atoms. The smallest absolute Gasteiger partial charge is 0.162 e. The molecule has 0 saturated heterocycles. The third kappa shape index (κ3) is 3.63. The molecule has 1 aliphatic rings. The minimum Gasteiger partial charge on any atom is -0.504 e. The van der Waals surface area contributed by atoms with Gasteiger partial charge in [-0.3, -0.25) is 0 Å². The normalized spacial score (nSPS) is 27.2. The van der Waals surface area contributed by atoms with Gasteiger partial charge in [0.25, 0.3) is 0 Å². The molecule has 0 bridgehead atoms. The molecule has 19 heavy (non-hydrogen) atoms. The molecule has 1 aromatic rings. The molecule has 0 aromatic heterocycles. The number of benzene rings is 1. The standard InChI is InChI=1S/C16H25NO2/c1-11-7-12(2)9-14(8-11)17-10-13-5-4-6-15(19-3)16(13)18/h4-6,11-12,14,17-18H,7-10H2,1-3H3. The Kier molecular flexibility index (Phi) is 4.70. The molecule has 0 amide bonds. The van der Waals surface area contributed by atoms with Gasteiger partial charge in [0.1, 0.15) is 0 Å². The second-order valence-electron chi connectivity index (χ2n) is 5.96. The van der Waals surface area contributed by atoms with Crippen molar-refractivity contribution >= 4 is 0 Å². The zero-order chi connectivity index (χ0) is 13.8. The minimum absolute atomic E-state index is 0.259. The average molecular weight is 263 g/mol. The molecule has 1 saturated carbocycles. The van der Waals surface area contributed by atoms with Crippen LogP contribution in [-0.2, 0) is 6.54 Å². The Morgan fingerprint density at radius 2 is 1.89 bits per heavy atom. The van der Waals surface area contributed by atoms with Crippen molar-refractivity contribution in [2.24, 2.45) is 11.8 Å². The van der Waals surface area contributed by atoms with Crippen LogP contribution in [0.3, 0.4) is 0 Å². The Morgan fingerprint density at radius 3 is 2.53 bits per heavy atom. The second kappa shape index (κ2) is 6.29. The SMILES string of the molecule is COc1cccc(CNC2CC(C)CC(C)C2)c1O. The van der Waals surface area contributed by atoms with Gasteiger partial charge in [0.05, 0.1) is 7.11 Å². The molecule has 0 heterocycles. The number of hydrogen-bond acceptors (Lipinski definition) is 3. The number of hydrogen-bond donors (Lipinski definition) is 2. The monoisotopic (exact) mass is 263 g/mol. The fraction of sp³-hybridized carbons (Fsp3) is 0.625. The first-order chi connectivity index (χ1) is 9.10. The van der Waals surface area contributed by atoms with Gasteiger partial charge in [-0.05, 0) is 37.2 Å². The average Bonchev–Trinajstić information content (AvgIpc) is 2.36. The highest BCUT2D eigenvalue weighted by Gasteiger charge is 2.23. The highest BCUT2D eigenvalue weighted by Crippen LogP contribution is 2.31. The molecule has 106 valence electrons. The molecule has 1 fully saturated rings. The van der Waals surface area contributed by atoms with Crippen LogP contribution in [-0.4, -0.2) is 18.3 Å². The van der Waals surface area contributed by atoms with E-state index in [9.17, 15) is 5.11 Å². The van der Waals surface area contributed by atoms with E-state index in [0.717, 1.165) is 17.4 Å². The van der Waals surface area contributed by atoms with Gasteiger partial charge < -0.3 is 15.2 Å². The van der Waals surface area contributed by atoms with E-state index in [1.807, 2.05) is 12.1 Å². The van der Waals surface area contributed by atoms with E-state index in [1.165, 1.54) is 19.3 Å². The van der Waals surface area contributed by atoms with Crippen LogP contribution in [0, 0.1) is 11.8 Å².